The van der Waals surface area contributed by atoms with Gasteiger partial charge in [0.15, 0.2) is 0 Å². The summed E-state index contributed by atoms with van der Waals surface area (Å²) in [5.74, 6) is 1.43. The summed E-state index contributed by atoms with van der Waals surface area (Å²) in [7, 11) is 3.95. The van der Waals surface area contributed by atoms with E-state index in [9.17, 15) is 0 Å². The van der Waals surface area contributed by atoms with Gasteiger partial charge in [-0.3, -0.25) is 4.90 Å². The number of aromatic nitrogens is 1. The van der Waals surface area contributed by atoms with Crippen LogP contribution >= 0.6 is 11.6 Å². The van der Waals surface area contributed by atoms with Crippen molar-refractivity contribution in [3.05, 3.63) is 47.0 Å². The molecule has 1 atom stereocenters. The topological polar surface area (TPSA) is 65.1 Å². The van der Waals surface area contributed by atoms with Gasteiger partial charge in [-0.2, -0.15) is 5.26 Å². The summed E-state index contributed by atoms with van der Waals surface area (Å²) in [5, 5.41) is 12.4. The predicted molar refractivity (Wildman–Crippen MR) is 77.6 cm³/mol. The highest BCUT2D eigenvalue weighted by molar-refractivity contribution is 6.33. The number of nitrogens with one attached hydrogen (secondary N) is 1. The predicted octanol–water partition coefficient (Wildman–Crippen LogP) is 2.91. The van der Waals surface area contributed by atoms with Crippen LogP contribution in [0.15, 0.2) is 35.1 Å². The van der Waals surface area contributed by atoms with Crippen LogP contribution in [-0.4, -0.2) is 30.5 Å². The van der Waals surface area contributed by atoms with Crippen molar-refractivity contribution in [2.45, 2.75) is 6.04 Å². The molecule has 0 spiro atoms. The van der Waals surface area contributed by atoms with Crippen LogP contribution in [0.4, 0.5) is 5.82 Å². The number of halogens is 1. The zero-order valence-electron chi connectivity index (χ0n) is 11.3. The van der Waals surface area contributed by atoms with E-state index in [0.717, 1.165) is 5.76 Å². The van der Waals surface area contributed by atoms with Gasteiger partial charge in [0.1, 0.15) is 17.6 Å². The third kappa shape index (κ3) is 3.29. The van der Waals surface area contributed by atoms with E-state index in [1.54, 1.807) is 12.3 Å². The summed E-state index contributed by atoms with van der Waals surface area (Å²) in [5.41, 5.74) is 0.441. The third-order valence-electron chi connectivity index (χ3n) is 2.93. The highest BCUT2D eigenvalue weighted by Crippen LogP contribution is 2.23. The Morgan fingerprint density at radius 1 is 1.55 bits per heavy atom. The summed E-state index contributed by atoms with van der Waals surface area (Å²) in [6.07, 6.45) is 3.14. The van der Waals surface area contributed by atoms with E-state index in [1.165, 1.54) is 6.20 Å². The van der Waals surface area contributed by atoms with E-state index in [2.05, 4.69) is 10.3 Å². The second-order valence-corrected chi connectivity index (χ2v) is 4.95. The Kier molecular flexibility index (Phi) is 4.61. The summed E-state index contributed by atoms with van der Waals surface area (Å²) in [6.45, 7) is 0.596. The molecule has 0 aliphatic heterocycles. The number of rotatable bonds is 5. The van der Waals surface area contributed by atoms with Gasteiger partial charge in [0, 0.05) is 12.7 Å². The van der Waals surface area contributed by atoms with Crippen molar-refractivity contribution in [1.82, 2.24) is 9.88 Å². The number of nitrogens with zero attached hydrogens (tertiary/aromatic N) is 3. The molecule has 20 heavy (non-hydrogen) atoms. The van der Waals surface area contributed by atoms with Crippen molar-refractivity contribution < 1.29 is 4.42 Å². The van der Waals surface area contributed by atoms with E-state index in [4.69, 9.17) is 21.3 Å². The zero-order valence-corrected chi connectivity index (χ0v) is 12.1. The van der Waals surface area contributed by atoms with Crippen molar-refractivity contribution in [2.75, 3.05) is 26.0 Å². The van der Waals surface area contributed by atoms with Crippen molar-refractivity contribution in [3.8, 4) is 6.07 Å². The molecule has 0 aliphatic carbocycles. The fourth-order valence-corrected chi connectivity index (χ4v) is 2.07. The van der Waals surface area contributed by atoms with Gasteiger partial charge in [-0.15, -0.1) is 0 Å². The molecule has 0 fully saturated rings. The number of likely N-dealkylation sites (N-methyl/N-ethyl adjacent to an activating group) is 1. The molecule has 0 aliphatic rings. The van der Waals surface area contributed by atoms with Gasteiger partial charge in [-0.25, -0.2) is 4.98 Å². The number of pyridine rings is 1. The smallest absolute Gasteiger partial charge is 0.144 e. The normalized spacial score (nSPS) is 12.2. The monoisotopic (exact) mass is 290 g/mol. The molecular formula is C14H15ClN4O. The average Bonchev–Trinajstić information content (AvgIpc) is 2.94. The highest BCUT2D eigenvalue weighted by Gasteiger charge is 2.17. The molecule has 0 unspecified atom stereocenters. The van der Waals surface area contributed by atoms with Crippen LogP contribution in [0.2, 0.25) is 5.02 Å². The first-order valence-corrected chi connectivity index (χ1v) is 6.49. The molecule has 5 nitrogen and oxygen atoms in total. The average molecular weight is 291 g/mol. The fraction of sp³-hybridized carbons (Fsp3) is 0.286. The van der Waals surface area contributed by atoms with Gasteiger partial charge in [0.05, 0.1) is 22.9 Å². The second-order valence-electron chi connectivity index (χ2n) is 4.54. The van der Waals surface area contributed by atoms with Crippen LogP contribution in [0.1, 0.15) is 17.4 Å². The molecule has 2 heterocycles. The maximum atomic E-state index is 8.78. The van der Waals surface area contributed by atoms with Gasteiger partial charge in [0.2, 0.25) is 0 Å². The van der Waals surface area contributed by atoms with Crippen LogP contribution in [-0.2, 0) is 0 Å². The summed E-state index contributed by atoms with van der Waals surface area (Å²) >= 11 is 6.08. The first-order valence-electron chi connectivity index (χ1n) is 6.11. The Balaban J connectivity index is 2.09. The summed E-state index contributed by atoms with van der Waals surface area (Å²) < 4.78 is 5.43. The maximum absolute atomic E-state index is 8.78. The summed E-state index contributed by atoms with van der Waals surface area (Å²) in [6, 6.07) is 7.45. The van der Waals surface area contributed by atoms with Crippen molar-refractivity contribution in [3.63, 3.8) is 0 Å². The first-order chi connectivity index (χ1) is 9.61. The van der Waals surface area contributed by atoms with E-state index >= 15 is 0 Å². The van der Waals surface area contributed by atoms with Crippen molar-refractivity contribution >= 4 is 17.4 Å². The molecule has 0 amide bonds. The van der Waals surface area contributed by atoms with Crippen LogP contribution < -0.4 is 5.32 Å². The third-order valence-corrected chi connectivity index (χ3v) is 3.22. The molecular weight excluding hydrogens is 276 g/mol. The van der Waals surface area contributed by atoms with E-state index in [1.807, 2.05) is 37.2 Å². The minimum Gasteiger partial charge on any atom is -0.468 e. The number of hydrogen-bond acceptors (Lipinski definition) is 5. The molecule has 0 saturated carbocycles. The van der Waals surface area contributed by atoms with Gasteiger partial charge in [-0.05, 0) is 32.3 Å². The molecule has 2 aromatic rings. The molecule has 6 heteroatoms. The second kappa shape index (κ2) is 6.42. The van der Waals surface area contributed by atoms with E-state index in [-0.39, 0.29) is 6.04 Å². The molecule has 104 valence electrons. The highest BCUT2D eigenvalue weighted by atomic mass is 35.5. The lowest BCUT2D eigenvalue weighted by Gasteiger charge is -2.23. The Morgan fingerprint density at radius 2 is 2.35 bits per heavy atom. The first kappa shape index (κ1) is 14.4. The zero-order chi connectivity index (χ0) is 14.5. The minimum atomic E-state index is 0.0681. The van der Waals surface area contributed by atoms with Crippen molar-refractivity contribution in [2.24, 2.45) is 0 Å². The number of anilines is 1. The lowest BCUT2D eigenvalue weighted by Crippen LogP contribution is -2.26. The quantitative estimate of drug-likeness (QED) is 0.917. The maximum Gasteiger partial charge on any atom is 0.144 e. The Bertz CT molecular complexity index is 604. The molecule has 0 aromatic carbocycles. The largest absolute Gasteiger partial charge is 0.468 e. The van der Waals surface area contributed by atoms with Crippen molar-refractivity contribution in [1.29, 1.82) is 5.26 Å². The minimum absolute atomic E-state index is 0.0681. The fourth-order valence-electron chi connectivity index (χ4n) is 1.84. The number of nitriles is 1. The van der Waals surface area contributed by atoms with Gasteiger partial charge < -0.3 is 9.73 Å². The molecule has 0 bridgehead atoms. The van der Waals surface area contributed by atoms with Gasteiger partial charge in [-0.1, -0.05) is 11.6 Å². The summed E-state index contributed by atoms with van der Waals surface area (Å²) in [4.78, 5) is 6.19. The van der Waals surface area contributed by atoms with Crippen LogP contribution in [0.3, 0.4) is 0 Å². The molecule has 2 rings (SSSR count). The number of furan rings is 1. The standard InChI is InChI=1S/C14H15ClN4O/c1-19(2)12(13-4-3-5-20-13)9-18-14-11(15)6-10(7-16)8-17-14/h3-6,8,12H,9H2,1-2H3,(H,17,18)/t12-/m0/s1. The lowest BCUT2D eigenvalue weighted by atomic mass is 10.2. The molecule has 2 aromatic heterocycles. The Labute approximate surface area is 122 Å². The Morgan fingerprint density at radius 3 is 2.90 bits per heavy atom. The van der Waals surface area contributed by atoms with E-state index < -0.39 is 0 Å². The van der Waals surface area contributed by atoms with Crippen LogP contribution in [0.5, 0.6) is 0 Å². The number of hydrogen-bond donors (Lipinski definition) is 1. The molecule has 1 N–H and O–H groups in total. The molecule has 0 radical (unpaired) electrons. The van der Waals surface area contributed by atoms with Crippen LogP contribution in [0, 0.1) is 11.3 Å². The lowest BCUT2D eigenvalue weighted by molar-refractivity contribution is 0.269. The van der Waals surface area contributed by atoms with Gasteiger partial charge in [0.25, 0.3) is 0 Å². The Hall–Kier alpha value is -2.03. The SMILES string of the molecule is CN(C)[C@@H](CNc1ncc(C#N)cc1Cl)c1ccco1. The van der Waals surface area contributed by atoms with E-state index in [0.29, 0.717) is 22.9 Å². The van der Waals surface area contributed by atoms with Gasteiger partial charge >= 0.3 is 0 Å². The van der Waals surface area contributed by atoms with Crippen LogP contribution in [0.25, 0.3) is 0 Å². The molecule has 0 saturated heterocycles.